The number of aromatic amines is 1. The number of hydrogen-bond donors (Lipinski definition) is 2. The molecule has 0 aliphatic carbocycles. The van der Waals surface area contributed by atoms with E-state index in [0.29, 0.717) is 5.92 Å². The molecule has 1 aliphatic rings. The number of nitrogens with one attached hydrogen (secondary N) is 2. The summed E-state index contributed by atoms with van der Waals surface area (Å²) in [5.41, 5.74) is 3.72. The minimum atomic E-state index is 0.649. The van der Waals surface area contributed by atoms with Gasteiger partial charge in [-0.3, -0.25) is 0 Å². The molecule has 4 nitrogen and oxygen atoms in total. The predicted octanol–water partition coefficient (Wildman–Crippen LogP) is 3.58. The summed E-state index contributed by atoms with van der Waals surface area (Å²) in [4.78, 5) is 10.8. The van der Waals surface area contributed by atoms with Crippen LogP contribution in [0.5, 0.6) is 0 Å². The summed E-state index contributed by atoms with van der Waals surface area (Å²) in [5, 5.41) is 3.39. The molecule has 1 saturated heterocycles. The first-order valence-corrected chi connectivity index (χ1v) is 8.26. The number of hydrogen-bond acceptors (Lipinski definition) is 3. The lowest BCUT2D eigenvalue weighted by molar-refractivity contribution is 0.223. The molecule has 0 amide bonds. The standard InChI is InChI=1S/C17H26N4/c1-3-9-18-16-6-5-15-17(20-16)14(12-19-15)13-7-10-21(4-2)11-8-13/h5-6,12-13,19H,3-4,7-11H2,1-2H3,(H,18,20). The van der Waals surface area contributed by atoms with Crippen molar-refractivity contribution in [3.63, 3.8) is 0 Å². The van der Waals surface area contributed by atoms with Gasteiger partial charge in [0.05, 0.1) is 11.0 Å². The number of aromatic nitrogens is 2. The number of nitrogens with zero attached hydrogens (tertiary/aromatic N) is 2. The molecule has 2 aromatic rings. The maximum Gasteiger partial charge on any atom is 0.126 e. The van der Waals surface area contributed by atoms with E-state index in [9.17, 15) is 0 Å². The molecule has 1 fully saturated rings. The Morgan fingerprint density at radius 1 is 1.29 bits per heavy atom. The molecular formula is C17H26N4. The topological polar surface area (TPSA) is 44.0 Å². The summed E-state index contributed by atoms with van der Waals surface area (Å²) in [6.07, 6.45) is 5.78. The predicted molar refractivity (Wildman–Crippen MR) is 89.0 cm³/mol. The third kappa shape index (κ3) is 3.05. The van der Waals surface area contributed by atoms with Gasteiger partial charge in [0, 0.05) is 12.7 Å². The van der Waals surface area contributed by atoms with Gasteiger partial charge < -0.3 is 15.2 Å². The fourth-order valence-corrected chi connectivity index (χ4v) is 3.24. The van der Waals surface area contributed by atoms with Crippen molar-refractivity contribution in [2.75, 3.05) is 31.5 Å². The maximum absolute atomic E-state index is 4.83. The smallest absolute Gasteiger partial charge is 0.126 e. The van der Waals surface area contributed by atoms with E-state index in [1.807, 2.05) is 0 Å². The van der Waals surface area contributed by atoms with Crippen LogP contribution in [0.3, 0.4) is 0 Å². The van der Waals surface area contributed by atoms with Crippen LogP contribution >= 0.6 is 0 Å². The molecule has 4 heteroatoms. The molecule has 0 atom stereocenters. The summed E-state index contributed by atoms with van der Waals surface area (Å²) >= 11 is 0. The van der Waals surface area contributed by atoms with Crippen molar-refractivity contribution in [3.05, 3.63) is 23.9 Å². The van der Waals surface area contributed by atoms with Gasteiger partial charge in [-0.25, -0.2) is 4.98 Å². The lowest BCUT2D eigenvalue weighted by Gasteiger charge is -2.30. The Kier molecular flexibility index (Phi) is 4.44. The molecule has 0 saturated carbocycles. The summed E-state index contributed by atoms with van der Waals surface area (Å²) in [6, 6.07) is 4.21. The fraction of sp³-hybridized carbons (Fsp3) is 0.588. The SMILES string of the molecule is CCCNc1ccc2[nH]cc(C3CCN(CC)CC3)c2n1. The number of rotatable bonds is 5. The van der Waals surface area contributed by atoms with E-state index in [1.54, 1.807) is 0 Å². The monoisotopic (exact) mass is 286 g/mol. The van der Waals surface area contributed by atoms with Crippen molar-refractivity contribution in [3.8, 4) is 0 Å². The molecule has 2 aromatic heterocycles. The maximum atomic E-state index is 4.83. The van der Waals surface area contributed by atoms with E-state index in [4.69, 9.17) is 4.98 Å². The highest BCUT2D eigenvalue weighted by Crippen LogP contribution is 2.32. The van der Waals surface area contributed by atoms with Crippen molar-refractivity contribution < 1.29 is 0 Å². The molecule has 3 heterocycles. The van der Waals surface area contributed by atoms with Crippen molar-refractivity contribution in [2.45, 2.75) is 39.0 Å². The van der Waals surface area contributed by atoms with Crippen molar-refractivity contribution in [1.29, 1.82) is 0 Å². The van der Waals surface area contributed by atoms with Crippen LogP contribution in [-0.2, 0) is 0 Å². The van der Waals surface area contributed by atoms with Crippen LogP contribution in [0.4, 0.5) is 5.82 Å². The van der Waals surface area contributed by atoms with Crippen LogP contribution in [-0.4, -0.2) is 41.0 Å². The number of piperidine rings is 1. The normalized spacial score (nSPS) is 17.4. The number of anilines is 1. The average Bonchev–Trinajstić information content (AvgIpc) is 2.96. The van der Waals surface area contributed by atoms with Crippen LogP contribution in [0.1, 0.15) is 44.6 Å². The van der Waals surface area contributed by atoms with E-state index in [1.165, 1.54) is 38.0 Å². The second-order valence-electron chi connectivity index (χ2n) is 5.97. The third-order valence-corrected chi connectivity index (χ3v) is 4.58. The molecule has 0 radical (unpaired) electrons. The van der Waals surface area contributed by atoms with E-state index in [-0.39, 0.29) is 0 Å². The number of likely N-dealkylation sites (tertiary alicyclic amines) is 1. The molecule has 21 heavy (non-hydrogen) atoms. The van der Waals surface area contributed by atoms with Crippen molar-refractivity contribution >= 4 is 16.9 Å². The highest BCUT2D eigenvalue weighted by Gasteiger charge is 2.22. The summed E-state index contributed by atoms with van der Waals surface area (Å²) in [6.45, 7) is 8.99. The Hall–Kier alpha value is -1.55. The van der Waals surface area contributed by atoms with E-state index < -0.39 is 0 Å². The van der Waals surface area contributed by atoms with Gasteiger partial charge in [-0.05, 0) is 62.5 Å². The summed E-state index contributed by atoms with van der Waals surface area (Å²) < 4.78 is 0. The van der Waals surface area contributed by atoms with Crippen LogP contribution in [0.2, 0.25) is 0 Å². The van der Waals surface area contributed by atoms with Crippen LogP contribution < -0.4 is 5.32 Å². The first kappa shape index (κ1) is 14.4. The van der Waals surface area contributed by atoms with Crippen molar-refractivity contribution in [1.82, 2.24) is 14.9 Å². The van der Waals surface area contributed by atoms with Gasteiger partial charge >= 0.3 is 0 Å². The zero-order valence-corrected chi connectivity index (χ0v) is 13.2. The molecule has 0 spiro atoms. The largest absolute Gasteiger partial charge is 0.370 e. The molecule has 2 N–H and O–H groups in total. The fourth-order valence-electron chi connectivity index (χ4n) is 3.24. The lowest BCUT2D eigenvalue weighted by Crippen LogP contribution is -2.32. The van der Waals surface area contributed by atoms with E-state index in [2.05, 4.69) is 47.4 Å². The Bertz CT molecular complexity index is 581. The minimum Gasteiger partial charge on any atom is -0.370 e. The van der Waals surface area contributed by atoms with E-state index in [0.717, 1.165) is 29.8 Å². The molecule has 114 valence electrons. The van der Waals surface area contributed by atoms with Gasteiger partial charge in [0.15, 0.2) is 0 Å². The van der Waals surface area contributed by atoms with Gasteiger partial charge in [0.25, 0.3) is 0 Å². The summed E-state index contributed by atoms with van der Waals surface area (Å²) in [5.74, 6) is 1.65. The molecule has 0 bridgehead atoms. The Morgan fingerprint density at radius 3 is 2.81 bits per heavy atom. The third-order valence-electron chi connectivity index (χ3n) is 4.58. The van der Waals surface area contributed by atoms with Gasteiger partial charge in [0.1, 0.15) is 5.82 Å². The highest BCUT2D eigenvalue weighted by atomic mass is 15.1. The Morgan fingerprint density at radius 2 is 2.10 bits per heavy atom. The lowest BCUT2D eigenvalue weighted by atomic mass is 9.90. The molecule has 0 aromatic carbocycles. The first-order chi connectivity index (χ1) is 10.3. The zero-order valence-electron chi connectivity index (χ0n) is 13.2. The second-order valence-corrected chi connectivity index (χ2v) is 5.97. The molecule has 0 unspecified atom stereocenters. The Labute approximate surface area is 126 Å². The summed E-state index contributed by atoms with van der Waals surface area (Å²) in [7, 11) is 0. The minimum absolute atomic E-state index is 0.649. The zero-order chi connectivity index (χ0) is 14.7. The van der Waals surface area contributed by atoms with Crippen molar-refractivity contribution in [2.24, 2.45) is 0 Å². The average molecular weight is 286 g/mol. The highest BCUT2D eigenvalue weighted by molar-refractivity contribution is 5.81. The quantitative estimate of drug-likeness (QED) is 0.883. The van der Waals surface area contributed by atoms with E-state index >= 15 is 0 Å². The number of H-pyrrole nitrogens is 1. The number of pyridine rings is 1. The molecule has 3 rings (SSSR count). The van der Waals surface area contributed by atoms with Crippen LogP contribution in [0.15, 0.2) is 18.3 Å². The van der Waals surface area contributed by atoms with Gasteiger partial charge in [-0.1, -0.05) is 13.8 Å². The van der Waals surface area contributed by atoms with Crippen LogP contribution in [0.25, 0.3) is 11.0 Å². The van der Waals surface area contributed by atoms with Gasteiger partial charge in [-0.15, -0.1) is 0 Å². The number of fused-ring (bicyclic) bond motifs is 1. The molecule has 1 aliphatic heterocycles. The van der Waals surface area contributed by atoms with Gasteiger partial charge in [-0.2, -0.15) is 0 Å². The van der Waals surface area contributed by atoms with Gasteiger partial charge in [0.2, 0.25) is 0 Å². The molecular weight excluding hydrogens is 260 g/mol. The Balaban J connectivity index is 1.81. The second kappa shape index (κ2) is 6.48. The van der Waals surface area contributed by atoms with Crippen LogP contribution in [0, 0.1) is 0 Å². The first-order valence-electron chi connectivity index (χ1n) is 8.26.